The van der Waals surface area contributed by atoms with Crippen LogP contribution in [-0.4, -0.2) is 53.2 Å². The van der Waals surface area contributed by atoms with Crippen LogP contribution in [0.2, 0.25) is 0 Å². The molecule has 4 rings (SSSR count). The van der Waals surface area contributed by atoms with Crippen molar-refractivity contribution in [2.24, 2.45) is 0 Å². The zero-order valence-corrected chi connectivity index (χ0v) is 21.5. The number of esters is 1. The summed E-state index contributed by atoms with van der Waals surface area (Å²) in [5.41, 5.74) is 0.852. The van der Waals surface area contributed by atoms with Crippen LogP contribution in [0.25, 0.3) is 16.9 Å². The Balaban J connectivity index is 1.77. The van der Waals surface area contributed by atoms with Gasteiger partial charge < -0.3 is 14.5 Å². The SMILES string of the molecule is CCCCCCc1nc(C)c2c(=O)[nH]c(-c3cc(S(=O)(=O)NC4CCOC4=O)ccc3OCC)nn12. The second-order valence-electron chi connectivity index (χ2n) is 8.71. The standard InChI is InChI=1S/C24H31N5O6S/c1-4-6-7-8-9-20-25-15(3)21-23(30)26-22(27-29(20)21)17-14-16(10-11-19(17)34-5-2)36(32,33)28-18-12-13-35-24(18)31/h10-11,14,18,28H,4-9,12-13H2,1-3H3,(H,26,27,30). The van der Waals surface area contributed by atoms with Crippen LogP contribution in [0.1, 0.15) is 57.5 Å². The molecule has 1 aromatic carbocycles. The van der Waals surface area contributed by atoms with Crippen LogP contribution in [0.5, 0.6) is 5.75 Å². The minimum Gasteiger partial charge on any atom is -0.493 e. The van der Waals surface area contributed by atoms with Crippen molar-refractivity contribution in [2.75, 3.05) is 13.2 Å². The topological polar surface area (TPSA) is 145 Å². The maximum Gasteiger partial charge on any atom is 0.324 e. The summed E-state index contributed by atoms with van der Waals surface area (Å²) in [7, 11) is -4.06. The molecule has 0 bridgehead atoms. The van der Waals surface area contributed by atoms with Crippen molar-refractivity contribution in [3.63, 3.8) is 0 Å². The number of sulfonamides is 1. The van der Waals surface area contributed by atoms with Gasteiger partial charge in [-0.25, -0.2) is 17.9 Å². The van der Waals surface area contributed by atoms with Gasteiger partial charge in [-0.2, -0.15) is 4.72 Å². The van der Waals surface area contributed by atoms with Gasteiger partial charge in [0.15, 0.2) is 11.3 Å². The normalized spacial score (nSPS) is 16.0. The lowest BCUT2D eigenvalue weighted by atomic mass is 10.1. The van der Waals surface area contributed by atoms with Crippen molar-refractivity contribution in [1.29, 1.82) is 0 Å². The van der Waals surface area contributed by atoms with E-state index in [1.165, 1.54) is 18.2 Å². The maximum atomic E-state index is 13.0. The third-order valence-electron chi connectivity index (χ3n) is 6.05. The Labute approximate surface area is 209 Å². The highest BCUT2D eigenvalue weighted by Crippen LogP contribution is 2.30. The van der Waals surface area contributed by atoms with E-state index < -0.39 is 22.0 Å². The number of ether oxygens (including phenoxy) is 2. The number of carbonyl (C=O) groups excluding carboxylic acids is 1. The van der Waals surface area contributed by atoms with E-state index in [-0.39, 0.29) is 29.3 Å². The molecule has 3 heterocycles. The van der Waals surface area contributed by atoms with E-state index in [4.69, 9.17) is 9.47 Å². The molecule has 1 unspecified atom stereocenters. The molecule has 2 N–H and O–H groups in total. The number of aromatic nitrogens is 4. The van der Waals surface area contributed by atoms with Crippen molar-refractivity contribution in [1.82, 2.24) is 24.3 Å². The number of rotatable bonds is 11. The third kappa shape index (κ3) is 5.29. The summed E-state index contributed by atoms with van der Waals surface area (Å²) in [6.45, 7) is 6.19. The number of aryl methyl sites for hydroxylation is 2. The Kier molecular flexibility index (Phi) is 7.74. The average molecular weight is 518 g/mol. The van der Waals surface area contributed by atoms with E-state index in [2.05, 4.69) is 26.7 Å². The molecule has 0 radical (unpaired) electrons. The number of benzene rings is 1. The highest BCUT2D eigenvalue weighted by atomic mass is 32.2. The van der Waals surface area contributed by atoms with E-state index in [0.717, 1.165) is 25.7 Å². The first-order valence-corrected chi connectivity index (χ1v) is 13.7. The predicted octanol–water partition coefficient (Wildman–Crippen LogP) is 2.51. The number of carbonyl (C=O) groups is 1. The number of aromatic amines is 1. The number of imidazole rings is 1. The molecule has 1 fully saturated rings. The van der Waals surface area contributed by atoms with Crippen LogP contribution < -0.4 is 15.0 Å². The number of hydrogen-bond acceptors (Lipinski definition) is 8. The molecule has 0 aliphatic carbocycles. The lowest BCUT2D eigenvalue weighted by Gasteiger charge is -2.14. The van der Waals surface area contributed by atoms with Crippen molar-refractivity contribution < 1.29 is 22.7 Å². The monoisotopic (exact) mass is 517 g/mol. The molecule has 1 atom stereocenters. The summed E-state index contributed by atoms with van der Waals surface area (Å²) in [6, 6.07) is 3.33. The quantitative estimate of drug-likeness (QED) is 0.292. The largest absolute Gasteiger partial charge is 0.493 e. The lowest BCUT2D eigenvalue weighted by Crippen LogP contribution is -2.37. The summed E-state index contributed by atoms with van der Waals surface area (Å²) >= 11 is 0. The van der Waals surface area contributed by atoms with Crippen molar-refractivity contribution in [3.8, 4) is 17.1 Å². The molecule has 1 saturated heterocycles. The van der Waals surface area contributed by atoms with Crippen LogP contribution in [0.3, 0.4) is 0 Å². The Morgan fingerprint density at radius 2 is 2.03 bits per heavy atom. The van der Waals surface area contributed by atoms with E-state index >= 15 is 0 Å². The van der Waals surface area contributed by atoms with Crippen LogP contribution >= 0.6 is 0 Å². The van der Waals surface area contributed by atoms with Gasteiger partial charge in [0, 0.05) is 12.8 Å². The summed E-state index contributed by atoms with van der Waals surface area (Å²) in [4.78, 5) is 32.0. The van der Waals surface area contributed by atoms with Gasteiger partial charge in [-0.15, -0.1) is 5.10 Å². The molecule has 12 heteroatoms. The van der Waals surface area contributed by atoms with Crippen LogP contribution in [0.15, 0.2) is 27.9 Å². The second-order valence-corrected chi connectivity index (χ2v) is 10.4. The van der Waals surface area contributed by atoms with Crippen LogP contribution in [0.4, 0.5) is 0 Å². The molecule has 194 valence electrons. The second kappa shape index (κ2) is 10.8. The Morgan fingerprint density at radius 1 is 1.22 bits per heavy atom. The van der Waals surface area contributed by atoms with Crippen molar-refractivity contribution in [3.05, 3.63) is 40.1 Å². The first-order valence-electron chi connectivity index (χ1n) is 12.2. The molecular weight excluding hydrogens is 486 g/mol. The number of nitrogens with one attached hydrogen (secondary N) is 2. The van der Waals surface area contributed by atoms with Crippen LogP contribution in [-0.2, 0) is 26.0 Å². The Morgan fingerprint density at radius 3 is 2.72 bits per heavy atom. The molecular formula is C24H31N5O6S. The molecule has 11 nitrogen and oxygen atoms in total. The number of fused-ring (bicyclic) bond motifs is 1. The average Bonchev–Trinajstić information content (AvgIpc) is 3.39. The summed E-state index contributed by atoms with van der Waals surface area (Å²) < 4.78 is 40.6. The fourth-order valence-electron chi connectivity index (χ4n) is 4.23. The number of cyclic esters (lactones) is 1. The molecule has 1 aliphatic rings. The smallest absolute Gasteiger partial charge is 0.324 e. The van der Waals surface area contributed by atoms with E-state index in [1.54, 1.807) is 18.4 Å². The highest BCUT2D eigenvalue weighted by molar-refractivity contribution is 7.89. The molecule has 36 heavy (non-hydrogen) atoms. The minimum atomic E-state index is -4.06. The van der Waals surface area contributed by atoms with E-state index in [9.17, 15) is 18.0 Å². The van der Waals surface area contributed by atoms with Gasteiger partial charge in [-0.05, 0) is 38.5 Å². The lowest BCUT2D eigenvalue weighted by molar-refractivity contribution is -0.139. The first kappa shape index (κ1) is 25.8. The molecule has 1 aliphatic heterocycles. The first-order chi connectivity index (χ1) is 17.2. The summed E-state index contributed by atoms with van der Waals surface area (Å²) in [5.74, 6) is 0.582. The van der Waals surface area contributed by atoms with Crippen LogP contribution in [0, 0.1) is 6.92 Å². The molecule has 2 aromatic heterocycles. The number of hydrogen-bond donors (Lipinski definition) is 2. The van der Waals surface area contributed by atoms with Gasteiger partial charge in [0.05, 0.1) is 29.4 Å². The Bertz CT molecular complexity index is 1430. The van der Waals surface area contributed by atoms with Gasteiger partial charge >= 0.3 is 5.97 Å². The fraction of sp³-hybridized carbons (Fsp3) is 0.500. The van der Waals surface area contributed by atoms with Gasteiger partial charge in [-0.1, -0.05) is 26.2 Å². The maximum absolute atomic E-state index is 13.0. The number of unbranched alkanes of at least 4 members (excludes halogenated alkanes) is 3. The van der Waals surface area contributed by atoms with E-state index in [0.29, 0.717) is 41.4 Å². The van der Waals surface area contributed by atoms with Crippen molar-refractivity contribution in [2.45, 2.75) is 70.2 Å². The molecule has 3 aromatic rings. The molecule has 0 saturated carbocycles. The van der Waals surface area contributed by atoms with E-state index in [1.807, 2.05) is 0 Å². The highest BCUT2D eigenvalue weighted by Gasteiger charge is 2.32. The van der Waals surface area contributed by atoms with Crippen molar-refractivity contribution >= 4 is 21.5 Å². The third-order valence-corrected chi connectivity index (χ3v) is 7.52. The predicted molar refractivity (Wildman–Crippen MR) is 132 cm³/mol. The van der Waals surface area contributed by atoms with Gasteiger partial charge in [-0.3, -0.25) is 9.59 Å². The zero-order valence-electron chi connectivity index (χ0n) is 20.7. The molecule has 0 amide bonds. The van der Waals surface area contributed by atoms with Gasteiger partial charge in [0.25, 0.3) is 5.56 Å². The number of nitrogens with zero attached hydrogens (tertiary/aromatic N) is 3. The van der Waals surface area contributed by atoms with Gasteiger partial charge in [0.2, 0.25) is 10.0 Å². The minimum absolute atomic E-state index is 0.0926. The summed E-state index contributed by atoms with van der Waals surface area (Å²) in [5, 5.41) is 4.64. The summed E-state index contributed by atoms with van der Waals surface area (Å²) in [6.07, 6.45) is 5.13. The molecule has 0 spiro atoms. The van der Waals surface area contributed by atoms with Gasteiger partial charge in [0.1, 0.15) is 17.6 Å². The number of H-pyrrole nitrogens is 1. The zero-order chi connectivity index (χ0) is 25.9. The fourth-order valence-corrected chi connectivity index (χ4v) is 5.47. The Hall–Kier alpha value is -3.25.